The van der Waals surface area contributed by atoms with Gasteiger partial charge in [0.25, 0.3) is 0 Å². The normalized spacial score (nSPS) is 10.5. The highest BCUT2D eigenvalue weighted by molar-refractivity contribution is 5.61. The van der Waals surface area contributed by atoms with Crippen LogP contribution in [-0.2, 0) is 0 Å². The Balaban J connectivity index is 2.10. The van der Waals surface area contributed by atoms with Crippen LogP contribution in [0.2, 0.25) is 0 Å². The highest BCUT2D eigenvalue weighted by atomic mass is 15.3. The molecule has 3 nitrogen and oxygen atoms in total. The lowest BCUT2D eigenvalue weighted by molar-refractivity contribution is 0.887. The molecule has 1 aromatic carbocycles. The van der Waals surface area contributed by atoms with E-state index in [2.05, 4.69) is 41.3 Å². The van der Waals surface area contributed by atoms with E-state index in [0.29, 0.717) is 0 Å². The fourth-order valence-electron chi connectivity index (χ4n) is 1.94. The Morgan fingerprint density at radius 2 is 1.56 bits per heavy atom. The topological polar surface area (TPSA) is 30.7 Å². The highest BCUT2D eigenvalue weighted by Gasteiger charge is 2.06. The molecule has 0 saturated heterocycles. The number of pyridine rings is 1. The molecule has 3 heteroatoms. The standard InChI is InChI=1S/C15H13N3/c1-12-2-4-14(5-3-12)18-15(8-11-17-18)13-6-9-16-10-7-13/h2-11H,1H3. The van der Waals surface area contributed by atoms with Crippen molar-refractivity contribution in [3.63, 3.8) is 0 Å². The molecule has 0 unspecified atom stereocenters. The average molecular weight is 235 g/mol. The van der Waals surface area contributed by atoms with Gasteiger partial charge in [0.1, 0.15) is 0 Å². The Bertz CT molecular complexity index is 639. The maximum Gasteiger partial charge on any atom is 0.0742 e. The van der Waals surface area contributed by atoms with Crippen LogP contribution in [0.5, 0.6) is 0 Å². The first kappa shape index (κ1) is 10.7. The van der Waals surface area contributed by atoms with Gasteiger partial charge in [-0.15, -0.1) is 0 Å². The van der Waals surface area contributed by atoms with Gasteiger partial charge in [0, 0.05) is 18.0 Å². The van der Waals surface area contributed by atoms with Crippen molar-refractivity contribution in [2.75, 3.05) is 0 Å². The molecule has 0 spiro atoms. The summed E-state index contributed by atoms with van der Waals surface area (Å²) in [4.78, 5) is 4.04. The predicted octanol–water partition coefficient (Wildman–Crippen LogP) is 3.24. The van der Waals surface area contributed by atoms with Gasteiger partial charge in [-0.2, -0.15) is 5.10 Å². The van der Waals surface area contributed by atoms with Crippen molar-refractivity contribution >= 4 is 0 Å². The number of nitrogens with zero attached hydrogens (tertiary/aromatic N) is 3. The molecule has 0 fully saturated rings. The minimum atomic E-state index is 1.07. The summed E-state index contributed by atoms with van der Waals surface area (Å²) in [5.74, 6) is 0. The molecular formula is C15H13N3. The molecule has 0 atom stereocenters. The zero-order chi connectivity index (χ0) is 12.4. The molecular weight excluding hydrogens is 222 g/mol. The van der Waals surface area contributed by atoms with E-state index in [0.717, 1.165) is 16.9 Å². The maximum absolute atomic E-state index is 4.39. The first-order valence-electron chi connectivity index (χ1n) is 5.86. The third kappa shape index (κ3) is 1.91. The summed E-state index contributed by atoms with van der Waals surface area (Å²) in [6, 6.07) is 14.3. The van der Waals surface area contributed by atoms with Crippen LogP contribution < -0.4 is 0 Å². The lowest BCUT2D eigenvalue weighted by Gasteiger charge is -2.07. The number of aryl methyl sites for hydroxylation is 1. The Labute approximate surface area is 106 Å². The number of hydrogen-bond acceptors (Lipinski definition) is 2. The van der Waals surface area contributed by atoms with Crippen LogP contribution in [0.1, 0.15) is 5.56 Å². The molecule has 2 aromatic heterocycles. The molecule has 0 aliphatic rings. The van der Waals surface area contributed by atoms with Crippen molar-refractivity contribution in [3.05, 3.63) is 66.6 Å². The van der Waals surface area contributed by atoms with Gasteiger partial charge in [0.2, 0.25) is 0 Å². The number of rotatable bonds is 2. The molecule has 0 aliphatic carbocycles. The molecule has 0 bridgehead atoms. The molecule has 0 aliphatic heterocycles. The number of benzene rings is 1. The molecule has 0 N–H and O–H groups in total. The molecule has 88 valence electrons. The van der Waals surface area contributed by atoms with Gasteiger partial charge in [-0.25, -0.2) is 4.68 Å². The van der Waals surface area contributed by atoms with Gasteiger partial charge < -0.3 is 0 Å². The summed E-state index contributed by atoms with van der Waals surface area (Å²) >= 11 is 0. The van der Waals surface area contributed by atoms with Crippen molar-refractivity contribution in [1.29, 1.82) is 0 Å². The second-order valence-corrected chi connectivity index (χ2v) is 4.20. The summed E-state index contributed by atoms with van der Waals surface area (Å²) in [5.41, 5.74) is 4.50. The Morgan fingerprint density at radius 3 is 2.28 bits per heavy atom. The smallest absolute Gasteiger partial charge is 0.0742 e. The summed E-state index contributed by atoms with van der Waals surface area (Å²) in [6.07, 6.45) is 5.40. The van der Waals surface area contributed by atoms with Gasteiger partial charge in [-0.05, 0) is 37.3 Å². The molecule has 0 radical (unpaired) electrons. The summed E-state index contributed by atoms with van der Waals surface area (Å²) in [5, 5.41) is 4.39. The summed E-state index contributed by atoms with van der Waals surface area (Å²) in [6.45, 7) is 2.08. The fourth-order valence-corrected chi connectivity index (χ4v) is 1.94. The van der Waals surface area contributed by atoms with Crippen LogP contribution >= 0.6 is 0 Å². The van der Waals surface area contributed by atoms with Crippen LogP contribution in [0.3, 0.4) is 0 Å². The van der Waals surface area contributed by atoms with Crippen LogP contribution in [0.15, 0.2) is 61.1 Å². The van der Waals surface area contributed by atoms with Gasteiger partial charge >= 0.3 is 0 Å². The van der Waals surface area contributed by atoms with Crippen molar-refractivity contribution < 1.29 is 0 Å². The van der Waals surface area contributed by atoms with E-state index in [1.165, 1.54) is 5.56 Å². The average Bonchev–Trinajstić information content (AvgIpc) is 2.90. The van der Waals surface area contributed by atoms with Gasteiger partial charge in [0.05, 0.1) is 17.6 Å². The Morgan fingerprint density at radius 1 is 0.833 bits per heavy atom. The van der Waals surface area contributed by atoms with E-state index in [1.54, 1.807) is 12.4 Å². The number of aromatic nitrogens is 3. The Hall–Kier alpha value is -2.42. The fraction of sp³-hybridized carbons (Fsp3) is 0.0667. The van der Waals surface area contributed by atoms with Crippen molar-refractivity contribution in [2.45, 2.75) is 6.92 Å². The molecule has 0 amide bonds. The molecule has 0 saturated carbocycles. The van der Waals surface area contributed by atoms with Crippen LogP contribution in [0.4, 0.5) is 0 Å². The minimum absolute atomic E-state index is 1.07. The van der Waals surface area contributed by atoms with Crippen LogP contribution in [-0.4, -0.2) is 14.8 Å². The first-order valence-corrected chi connectivity index (χ1v) is 5.86. The van der Waals surface area contributed by atoms with E-state index < -0.39 is 0 Å². The molecule has 3 rings (SSSR count). The zero-order valence-corrected chi connectivity index (χ0v) is 10.1. The molecule has 18 heavy (non-hydrogen) atoms. The predicted molar refractivity (Wildman–Crippen MR) is 71.5 cm³/mol. The lowest BCUT2D eigenvalue weighted by Crippen LogP contribution is -1.98. The van der Waals surface area contributed by atoms with Crippen molar-refractivity contribution in [2.24, 2.45) is 0 Å². The van der Waals surface area contributed by atoms with Crippen LogP contribution in [0.25, 0.3) is 16.9 Å². The third-order valence-corrected chi connectivity index (χ3v) is 2.90. The number of hydrogen-bond donors (Lipinski definition) is 0. The van der Waals surface area contributed by atoms with E-state index in [-0.39, 0.29) is 0 Å². The second kappa shape index (κ2) is 4.45. The second-order valence-electron chi connectivity index (χ2n) is 4.20. The maximum atomic E-state index is 4.39. The van der Waals surface area contributed by atoms with Crippen LogP contribution in [0, 0.1) is 6.92 Å². The zero-order valence-electron chi connectivity index (χ0n) is 10.1. The van der Waals surface area contributed by atoms with Crippen molar-refractivity contribution in [3.8, 4) is 16.9 Å². The SMILES string of the molecule is Cc1ccc(-n2nccc2-c2ccncc2)cc1. The van der Waals surface area contributed by atoms with E-state index in [4.69, 9.17) is 0 Å². The third-order valence-electron chi connectivity index (χ3n) is 2.90. The van der Waals surface area contributed by atoms with Gasteiger partial charge in [0.15, 0.2) is 0 Å². The van der Waals surface area contributed by atoms with Gasteiger partial charge in [-0.3, -0.25) is 4.98 Å². The molecule has 2 heterocycles. The van der Waals surface area contributed by atoms with Crippen molar-refractivity contribution in [1.82, 2.24) is 14.8 Å². The monoisotopic (exact) mass is 235 g/mol. The van der Waals surface area contributed by atoms with Gasteiger partial charge in [-0.1, -0.05) is 17.7 Å². The lowest BCUT2D eigenvalue weighted by atomic mass is 10.2. The van der Waals surface area contributed by atoms with E-state index >= 15 is 0 Å². The summed E-state index contributed by atoms with van der Waals surface area (Å²) < 4.78 is 1.94. The largest absolute Gasteiger partial charge is 0.265 e. The Kier molecular flexibility index (Phi) is 2.65. The quantitative estimate of drug-likeness (QED) is 0.682. The molecule has 3 aromatic rings. The summed E-state index contributed by atoms with van der Waals surface area (Å²) in [7, 11) is 0. The van der Waals surface area contributed by atoms with E-state index in [9.17, 15) is 0 Å². The highest BCUT2D eigenvalue weighted by Crippen LogP contribution is 2.21. The van der Waals surface area contributed by atoms with E-state index in [1.807, 2.05) is 29.1 Å². The minimum Gasteiger partial charge on any atom is -0.265 e. The first-order chi connectivity index (χ1) is 8.84.